The number of primary amides is 1. The van der Waals surface area contributed by atoms with Gasteiger partial charge in [-0.3, -0.25) is 9.59 Å². The van der Waals surface area contributed by atoms with Crippen molar-refractivity contribution < 1.29 is 28.3 Å². The fourth-order valence-electron chi connectivity index (χ4n) is 3.02. The van der Waals surface area contributed by atoms with Crippen LogP contribution in [0.15, 0.2) is 34.7 Å². The fourth-order valence-corrected chi connectivity index (χ4v) is 4.29. The maximum Gasteiger partial charge on any atom is 0.341 e. The summed E-state index contributed by atoms with van der Waals surface area (Å²) >= 11 is 6.86. The molecule has 0 spiro atoms. The van der Waals surface area contributed by atoms with Crippen molar-refractivity contribution in [2.75, 3.05) is 5.32 Å². The van der Waals surface area contributed by atoms with Gasteiger partial charge in [0.1, 0.15) is 23.1 Å². The van der Waals surface area contributed by atoms with Crippen molar-refractivity contribution in [2.24, 2.45) is 5.73 Å². The number of aryl methyl sites for hydroxylation is 1. The van der Waals surface area contributed by atoms with Crippen molar-refractivity contribution >= 4 is 45.7 Å². The van der Waals surface area contributed by atoms with Crippen LogP contribution in [-0.4, -0.2) is 23.9 Å². The Morgan fingerprint density at radius 1 is 1.18 bits per heavy atom. The Morgan fingerprint density at radius 3 is 2.55 bits per heavy atom. The number of rotatable bonds is 8. The predicted molar refractivity (Wildman–Crippen MR) is 125 cm³/mol. The van der Waals surface area contributed by atoms with E-state index in [1.807, 2.05) is 6.92 Å². The number of carbonyl (C=O) groups excluding carboxylic acids is 3. The third-order valence-electron chi connectivity index (χ3n) is 4.54. The molecule has 2 aromatic heterocycles. The Morgan fingerprint density at radius 2 is 1.91 bits per heavy atom. The summed E-state index contributed by atoms with van der Waals surface area (Å²) in [6, 6.07) is 8.35. The zero-order valence-electron chi connectivity index (χ0n) is 18.5. The highest BCUT2D eigenvalue weighted by Gasteiger charge is 2.27. The lowest BCUT2D eigenvalue weighted by atomic mass is 10.1. The van der Waals surface area contributed by atoms with Crippen LogP contribution in [0, 0.1) is 13.8 Å². The van der Waals surface area contributed by atoms with Gasteiger partial charge in [-0.25, -0.2) is 4.79 Å². The first-order chi connectivity index (χ1) is 15.6. The van der Waals surface area contributed by atoms with E-state index in [2.05, 4.69) is 5.32 Å². The molecule has 0 radical (unpaired) electrons. The molecule has 1 aromatic carbocycles. The third-order valence-corrected chi connectivity index (χ3v) is 5.99. The molecule has 33 heavy (non-hydrogen) atoms. The van der Waals surface area contributed by atoms with Crippen molar-refractivity contribution in [3.8, 4) is 5.75 Å². The molecule has 0 aliphatic rings. The molecule has 0 unspecified atom stereocenters. The lowest BCUT2D eigenvalue weighted by Gasteiger charge is -2.10. The van der Waals surface area contributed by atoms with Crippen molar-refractivity contribution in [2.45, 2.75) is 40.4 Å². The first-order valence-electron chi connectivity index (χ1n) is 10.00. The van der Waals surface area contributed by atoms with Crippen LogP contribution < -0.4 is 15.8 Å². The fraction of sp³-hybridized carbons (Fsp3) is 0.261. The van der Waals surface area contributed by atoms with E-state index in [4.69, 9.17) is 31.2 Å². The zero-order valence-corrected chi connectivity index (χ0v) is 20.1. The Kier molecular flexibility index (Phi) is 7.45. The molecule has 0 aliphatic carbocycles. The van der Waals surface area contributed by atoms with Gasteiger partial charge in [0.25, 0.3) is 11.8 Å². The summed E-state index contributed by atoms with van der Waals surface area (Å²) in [7, 11) is 0. The molecule has 0 aliphatic heterocycles. The van der Waals surface area contributed by atoms with Crippen LogP contribution in [0.3, 0.4) is 0 Å². The third kappa shape index (κ3) is 5.74. The molecular formula is C23H23ClN2O6S. The first kappa shape index (κ1) is 24.3. The molecule has 8 nitrogen and oxygen atoms in total. The van der Waals surface area contributed by atoms with Gasteiger partial charge in [-0.05, 0) is 69.2 Å². The standard InChI is InChI=1S/C23H23ClN2O6S/c1-11(2)31-23(29)18-13(4)19(20(25)27)33-22(18)26-21(28)17-8-6-15(32-17)10-30-16-7-5-14(24)9-12(16)3/h5-9,11H,10H2,1-4H3,(H2,25,27)(H,26,28). The molecule has 3 N–H and O–H groups in total. The van der Waals surface area contributed by atoms with E-state index in [1.54, 1.807) is 45.0 Å². The second kappa shape index (κ2) is 10.1. The quantitative estimate of drug-likeness (QED) is 0.423. The van der Waals surface area contributed by atoms with Crippen molar-refractivity contribution in [1.29, 1.82) is 0 Å². The second-order valence-electron chi connectivity index (χ2n) is 7.50. The van der Waals surface area contributed by atoms with E-state index in [1.165, 1.54) is 6.07 Å². The minimum Gasteiger partial charge on any atom is -0.485 e. The molecular weight excluding hydrogens is 468 g/mol. The molecule has 0 atom stereocenters. The number of halogens is 1. The number of amides is 2. The number of nitrogens with one attached hydrogen (secondary N) is 1. The van der Waals surface area contributed by atoms with Crippen molar-refractivity contribution in [1.82, 2.24) is 0 Å². The van der Waals surface area contributed by atoms with Gasteiger partial charge in [0.05, 0.1) is 16.5 Å². The molecule has 0 saturated heterocycles. The SMILES string of the molecule is Cc1cc(Cl)ccc1OCc1ccc(C(=O)Nc2sc(C(N)=O)c(C)c2C(=O)OC(C)C)o1. The minimum absolute atomic E-state index is 0.0104. The van der Waals surface area contributed by atoms with E-state index in [0.717, 1.165) is 16.9 Å². The number of anilines is 1. The highest BCUT2D eigenvalue weighted by molar-refractivity contribution is 7.18. The molecule has 0 saturated carbocycles. The van der Waals surface area contributed by atoms with Gasteiger partial charge in [-0.2, -0.15) is 0 Å². The van der Waals surface area contributed by atoms with Crippen LogP contribution in [0.4, 0.5) is 5.00 Å². The van der Waals surface area contributed by atoms with Crippen LogP contribution in [0.1, 0.15) is 61.3 Å². The highest BCUT2D eigenvalue weighted by Crippen LogP contribution is 2.34. The predicted octanol–water partition coefficient (Wildman–Crippen LogP) is 5.11. The Balaban J connectivity index is 1.76. The number of carbonyl (C=O) groups is 3. The number of esters is 1. The summed E-state index contributed by atoms with van der Waals surface area (Å²) in [5.74, 6) is -0.881. The molecule has 0 fully saturated rings. The summed E-state index contributed by atoms with van der Waals surface area (Å²) in [4.78, 5) is 37.2. The van der Waals surface area contributed by atoms with Gasteiger partial charge < -0.3 is 24.9 Å². The van der Waals surface area contributed by atoms with Crippen LogP contribution in [-0.2, 0) is 11.3 Å². The molecule has 10 heteroatoms. The highest BCUT2D eigenvalue weighted by atomic mass is 35.5. The average molecular weight is 491 g/mol. The van der Waals surface area contributed by atoms with E-state index >= 15 is 0 Å². The minimum atomic E-state index is -0.702. The van der Waals surface area contributed by atoms with Crippen molar-refractivity contribution in [3.63, 3.8) is 0 Å². The number of nitrogens with two attached hydrogens (primary N) is 1. The van der Waals surface area contributed by atoms with Gasteiger partial charge in [-0.1, -0.05) is 11.6 Å². The average Bonchev–Trinajstić information content (AvgIpc) is 3.31. The Labute approximate surface area is 199 Å². The molecule has 3 aromatic rings. The van der Waals surface area contributed by atoms with Gasteiger partial charge in [0.15, 0.2) is 5.76 Å². The monoisotopic (exact) mass is 490 g/mol. The zero-order chi connectivity index (χ0) is 24.3. The van der Waals surface area contributed by atoms with Gasteiger partial charge >= 0.3 is 5.97 Å². The van der Waals surface area contributed by atoms with E-state index < -0.39 is 17.8 Å². The lowest BCUT2D eigenvalue weighted by Crippen LogP contribution is -2.17. The number of furan rings is 1. The molecule has 2 heterocycles. The molecule has 0 bridgehead atoms. The van der Waals surface area contributed by atoms with Gasteiger partial charge in [-0.15, -0.1) is 11.3 Å². The van der Waals surface area contributed by atoms with E-state index in [9.17, 15) is 14.4 Å². The van der Waals surface area contributed by atoms with Gasteiger partial charge in [0, 0.05) is 5.02 Å². The number of ether oxygens (including phenoxy) is 2. The lowest BCUT2D eigenvalue weighted by molar-refractivity contribution is 0.0379. The Hall–Kier alpha value is -3.30. The second-order valence-corrected chi connectivity index (χ2v) is 8.95. The van der Waals surface area contributed by atoms with E-state index in [0.29, 0.717) is 22.1 Å². The van der Waals surface area contributed by atoms with Gasteiger partial charge in [0.2, 0.25) is 0 Å². The maximum absolute atomic E-state index is 12.8. The van der Waals surface area contributed by atoms with Crippen LogP contribution in [0.5, 0.6) is 5.75 Å². The summed E-state index contributed by atoms with van der Waals surface area (Å²) in [5.41, 5.74) is 6.71. The topological polar surface area (TPSA) is 121 Å². The molecule has 2 amide bonds. The maximum atomic E-state index is 12.8. The first-order valence-corrected chi connectivity index (χ1v) is 11.2. The Bertz CT molecular complexity index is 1210. The van der Waals surface area contributed by atoms with Crippen LogP contribution in [0.2, 0.25) is 5.02 Å². The summed E-state index contributed by atoms with van der Waals surface area (Å²) in [5, 5.41) is 3.38. The smallest absolute Gasteiger partial charge is 0.341 e. The van der Waals surface area contributed by atoms with Crippen LogP contribution in [0.25, 0.3) is 0 Å². The van der Waals surface area contributed by atoms with Crippen LogP contribution >= 0.6 is 22.9 Å². The molecule has 174 valence electrons. The number of benzene rings is 1. The van der Waals surface area contributed by atoms with E-state index in [-0.39, 0.29) is 33.9 Å². The van der Waals surface area contributed by atoms with Crippen molar-refractivity contribution in [3.05, 3.63) is 68.4 Å². The summed E-state index contributed by atoms with van der Waals surface area (Å²) < 4.78 is 16.6. The summed E-state index contributed by atoms with van der Waals surface area (Å²) in [6.07, 6.45) is -0.380. The number of hydrogen-bond donors (Lipinski definition) is 2. The normalized spacial score (nSPS) is 10.8. The number of thiophene rings is 1. The number of hydrogen-bond acceptors (Lipinski definition) is 7. The molecule has 3 rings (SSSR count). The largest absolute Gasteiger partial charge is 0.485 e. The summed E-state index contributed by atoms with van der Waals surface area (Å²) in [6.45, 7) is 6.94.